The topological polar surface area (TPSA) is 26.3 Å². The summed E-state index contributed by atoms with van der Waals surface area (Å²) in [6.45, 7) is 0.610. The van der Waals surface area contributed by atoms with Gasteiger partial charge in [0.2, 0.25) is 0 Å². The van der Waals surface area contributed by atoms with Crippen LogP contribution in [-0.4, -0.2) is 18.1 Å². The molecule has 0 aromatic carbocycles. The molecular weight excluding hydrogens is 148 g/mol. The molecule has 0 aliphatic carbocycles. The highest BCUT2D eigenvalue weighted by atomic mass is 32.2. The van der Waals surface area contributed by atoms with E-state index in [1.165, 1.54) is 11.8 Å². The number of ether oxygens (including phenoxy) is 1. The van der Waals surface area contributed by atoms with Gasteiger partial charge in [-0.1, -0.05) is 11.8 Å². The zero-order chi connectivity index (χ0) is 6.97. The normalized spacial score (nSPS) is 23.0. The van der Waals surface area contributed by atoms with Crippen molar-refractivity contribution in [3.8, 4) is 0 Å². The summed E-state index contributed by atoms with van der Waals surface area (Å²) in [4.78, 5) is 11.0. The Labute approximate surface area is 62.9 Å². The molecule has 0 saturated carbocycles. The Bertz CT molecular complexity index is 236. The molecule has 0 atom stereocenters. The average molecular weight is 154 g/mol. The van der Waals surface area contributed by atoms with E-state index in [4.69, 9.17) is 4.74 Å². The van der Waals surface area contributed by atoms with Gasteiger partial charge in [0.25, 0.3) is 0 Å². The van der Waals surface area contributed by atoms with Crippen LogP contribution in [0.3, 0.4) is 0 Å². The van der Waals surface area contributed by atoms with Crippen LogP contribution >= 0.6 is 11.8 Å². The Balaban J connectivity index is 2.38. The van der Waals surface area contributed by atoms with Gasteiger partial charge < -0.3 is 4.74 Å². The van der Waals surface area contributed by atoms with Gasteiger partial charge in [-0.25, -0.2) is 0 Å². The van der Waals surface area contributed by atoms with E-state index < -0.39 is 0 Å². The summed E-state index contributed by atoms with van der Waals surface area (Å²) >= 11 is 1.49. The maximum absolute atomic E-state index is 11.0. The van der Waals surface area contributed by atoms with Crippen LogP contribution in [0.15, 0.2) is 22.8 Å². The SMILES string of the molecule is O=C1CSC2=C1C=CCO2. The molecule has 2 nitrogen and oxygen atoms in total. The van der Waals surface area contributed by atoms with E-state index in [0.29, 0.717) is 12.4 Å². The molecule has 3 heteroatoms. The summed E-state index contributed by atoms with van der Waals surface area (Å²) in [6.07, 6.45) is 3.71. The highest BCUT2D eigenvalue weighted by Crippen LogP contribution is 2.32. The smallest absolute Gasteiger partial charge is 0.177 e. The van der Waals surface area contributed by atoms with Crippen LogP contribution in [0.25, 0.3) is 0 Å². The van der Waals surface area contributed by atoms with Crippen LogP contribution in [-0.2, 0) is 9.53 Å². The van der Waals surface area contributed by atoms with Crippen molar-refractivity contribution in [3.63, 3.8) is 0 Å². The van der Waals surface area contributed by atoms with Gasteiger partial charge in [0, 0.05) is 0 Å². The monoisotopic (exact) mass is 154 g/mol. The van der Waals surface area contributed by atoms with Gasteiger partial charge in [-0.15, -0.1) is 0 Å². The Kier molecular flexibility index (Phi) is 1.31. The predicted octanol–water partition coefficient (Wildman–Crippen LogP) is 1.10. The number of carbonyl (C=O) groups excluding carboxylic acids is 1. The lowest BCUT2D eigenvalue weighted by atomic mass is 10.2. The molecule has 0 unspecified atom stereocenters. The fourth-order valence-electron chi connectivity index (χ4n) is 0.971. The van der Waals surface area contributed by atoms with E-state index >= 15 is 0 Å². The minimum Gasteiger partial charge on any atom is -0.483 e. The fraction of sp³-hybridized carbons (Fsp3) is 0.286. The summed E-state index contributed by atoms with van der Waals surface area (Å²) in [6, 6.07) is 0. The predicted molar refractivity (Wildman–Crippen MR) is 39.6 cm³/mol. The summed E-state index contributed by atoms with van der Waals surface area (Å²) in [5.74, 6) is 0.741. The van der Waals surface area contributed by atoms with Crippen LogP contribution in [0.5, 0.6) is 0 Å². The second-order valence-electron chi connectivity index (χ2n) is 2.13. The minimum atomic E-state index is 0.191. The molecule has 0 saturated heterocycles. The maximum atomic E-state index is 11.0. The van der Waals surface area contributed by atoms with Gasteiger partial charge in [0.1, 0.15) is 6.61 Å². The van der Waals surface area contributed by atoms with Crippen LogP contribution in [0, 0.1) is 0 Å². The number of ketones is 1. The van der Waals surface area contributed by atoms with Crippen molar-refractivity contribution in [3.05, 3.63) is 22.8 Å². The quantitative estimate of drug-likeness (QED) is 0.522. The van der Waals surface area contributed by atoms with E-state index in [1.807, 2.05) is 12.2 Å². The first kappa shape index (κ1) is 6.04. The van der Waals surface area contributed by atoms with E-state index in [-0.39, 0.29) is 5.78 Å². The highest BCUT2D eigenvalue weighted by molar-refractivity contribution is 8.04. The van der Waals surface area contributed by atoms with Crippen LogP contribution < -0.4 is 0 Å². The molecule has 2 aliphatic rings. The molecule has 0 spiro atoms. The number of allylic oxidation sites excluding steroid dienone is 2. The summed E-state index contributed by atoms with van der Waals surface area (Å²) in [7, 11) is 0. The van der Waals surface area contributed by atoms with Crippen molar-refractivity contribution in [2.24, 2.45) is 0 Å². The number of thioether (sulfide) groups is 1. The molecular formula is C7H6O2S. The number of carbonyl (C=O) groups is 1. The van der Waals surface area contributed by atoms with E-state index in [0.717, 1.165) is 10.7 Å². The second kappa shape index (κ2) is 2.16. The van der Waals surface area contributed by atoms with Crippen molar-refractivity contribution in [1.82, 2.24) is 0 Å². The largest absolute Gasteiger partial charge is 0.483 e. The molecule has 2 aliphatic heterocycles. The zero-order valence-corrected chi connectivity index (χ0v) is 6.11. The van der Waals surface area contributed by atoms with Gasteiger partial charge in [0.05, 0.1) is 11.3 Å². The third kappa shape index (κ3) is 0.778. The van der Waals surface area contributed by atoms with Gasteiger partial charge in [0.15, 0.2) is 10.9 Å². The molecule has 52 valence electrons. The standard InChI is InChI=1S/C7H6O2S/c8-6-4-10-7-5(6)2-1-3-9-7/h1-2H,3-4H2. The van der Waals surface area contributed by atoms with E-state index in [9.17, 15) is 4.79 Å². The van der Waals surface area contributed by atoms with Crippen LogP contribution in [0.4, 0.5) is 0 Å². The van der Waals surface area contributed by atoms with Gasteiger partial charge in [-0.05, 0) is 12.2 Å². The van der Waals surface area contributed by atoms with Crippen LogP contribution in [0.1, 0.15) is 0 Å². The molecule has 2 rings (SSSR count). The first-order valence-corrected chi connectivity index (χ1v) is 4.06. The average Bonchev–Trinajstić information content (AvgIpc) is 2.34. The molecule has 0 aromatic heterocycles. The van der Waals surface area contributed by atoms with Crippen molar-refractivity contribution in [1.29, 1.82) is 0 Å². The number of hydrogen-bond donors (Lipinski definition) is 0. The van der Waals surface area contributed by atoms with Gasteiger partial charge in [-0.3, -0.25) is 4.79 Å². The van der Waals surface area contributed by atoms with Gasteiger partial charge in [-0.2, -0.15) is 0 Å². The van der Waals surface area contributed by atoms with Crippen molar-refractivity contribution in [2.45, 2.75) is 0 Å². The number of Topliss-reactive ketones (excluding diaryl/α,β-unsaturated/α-hetero) is 1. The molecule has 0 bridgehead atoms. The first-order valence-electron chi connectivity index (χ1n) is 3.07. The molecule has 10 heavy (non-hydrogen) atoms. The summed E-state index contributed by atoms with van der Waals surface area (Å²) in [5, 5.41) is 0.813. The molecule has 0 amide bonds. The third-order valence-electron chi connectivity index (χ3n) is 1.45. The van der Waals surface area contributed by atoms with E-state index in [1.54, 1.807) is 0 Å². The summed E-state index contributed by atoms with van der Waals surface area (Å²) < 4.78 is 5.21. The van der Waals surface area contributed by atoms with Crippen molar-refractivity contribution in [2.75, 3.05) is 12.4 Å². The maximum Gasteiger partial charge on any atom is 0.177 e. The lowest BCUT2D eigenvalue weighted by Crippen LogP contribution is -2.01. The second-order valence-corrected chi connectivity index (χ2v) is 3.07. The Morgan fingerprint density at radius 3 is 3.30 bits per heavy atom. The van der Waals surface area contributed by atoms with Gasteiger partial charge >= 0.3 is 0 Å². The highest BCUT2D eigenvalue weighted by Gasteiger charge is 2.24. The molecule has 0 N–H and O–H groups in total. The Morgan fingerprint density at radius 1 is 1.60 bits per heavy atom. The lowest BCUT2D eigenvalue weighted by molar-refractivity contribution is -0.112. The van der Waals surface area contributed by atoms with Crippen LogP contribution in [0.2, 0.25) is 0 Å². The lowest BCUT2D eigenvalue weighted by Gasteiger charge is -2.07. The molecule has 2 heterocycles. The Morgan fingerprint density at radius 2 is 2.50 bits per heavy atom. The molecule has 0 radical (unpaired) electrons. The number of hydrogen-bond acceptors (Lipinski definition) is 3. The fourth-order valence-corrected chi connectivity index (χ4v) is 1.88. The summed E-state index contributed by atoms with van der Waals surface area (Å²) in [5.41, 5.74) is 0.760. The molecule has 0 fully saturated rings. The number of rotatable bonds is 0. The Hall–Kier alpha value is -0.700. The molecule has 0 aromatic rings. The first-order chi connectivity index (χ1) is 4.88. The van der Waals surface area contributed by atoms with Crippen molar-refractivity contribution < 1.29 is 9.53 Å². The van der Waals surface area contributed by atoms with Crippen molar-refractivity contribution >= 4 is 17.5 Å². The minimum absolute atomic E-state index is 0.191. The van der Waals surface area contributed by atoms with E-state index in [2.05, 4.69) is 0 Å². The third-order valence-corrected chi connectivity index (χ3v) is 2.46. The zero-order valence-electron chi connectivity index (χ0n) is 5.29.